The predicted octanol–water partition coefficient (Wildman–Crippen LogP) is 3.29. The first-order valence-corrected chi connectivity index (χ1v) is 8.72. The Hall–Kier alpha value is -1.65. The Morgan fingerprint density at radius 1 is 1.09 bits per heavy atom. The van der Waals surface area contributed by atoms with E-state index in [2.05, 4.69) is 52.9 Å². The lowest BCUT2D eigenvalue weighted by molar-refractivity contribution is -0.130. The molecule has 0 atom stereocenters. The van der Waals surface area contributed by atoms with Gasteiger partial charge in [0, 0.05) is 39.1 Å². The average Bonchev–Trinajstić information content (AvgIpc) is 2.95. The summed E-state index contributed by atoms with van der Waals surface area (Å²) >= 11 is 1.73. The molecule has 3 rings (SSSR count). The van der Waals surface area contributed by atoms with Crippen LogP contribution in [0.5, 0.6) is 0 Å². The van der Waals surface area contributed by atoms with Crippen LogP contribution >= 0.6 is 11.3 Å². The Bertz CT molecular complexity index is 624. The molecular formula is C18H22N2OS. The number of aryl methyl sites for hydroxylation is 1. The number of hydrogen-bond acceptors (Lipinski definition) is 3. The molecule has 0 unspecified atom stereocenters. The summed E-state index contributed by atoms with van der Waals surface area (Å²) in [5.74, 6) is 0.273. The fraction of sp³-hybridized carbons (Fsp3) is 0.389. The van der Waals surface area contributed by atoms with Crippen LogP contribution in [0.1, 0.15) is 23.1 Å². The van der Waals surface area contributed by atoms with Gasteiger partial charge in [0.2, 0.25) is 5.91 Å². The molecule has 0 radical (unpaired) electrons. The molecule has 1 fully saturated rings. The Kier molecular flexibility index (Phi) is 4.90. The number of amides is 1. The monoisotopic (exact) mass is 314 g/mol. The summed E-state index contributed by atoms with van der Waals surface area (Å²) in [7, 11) is 0. The maximum absolute atomic E-state index is 12.4. The smallest absolute Gasteiger partial charge is 0.224 e. The zero-order chi connectivity index (χ0) is 15.4. The lowest BCUT2D eigenvalue weighted by Gasteiger charge is -2.22. The summed E-state index contributed by atoms with van der Waals surface area (Å²) in [6.45, 7) is 6.40. The molecule has 1 aromatic heterocycles. The summed E-state index contributed by atoms with van der Waals surface area (Å²) in [5.41, 5.74) is 3.82. The van der Waals surface area contributed by atoms with Crippen molar-refractivity contribution < 1.29 is 4.79 Å². The summed E-state index contributed by atoms with van der Waals surface area (Å²) in [4.78, 5) is 16.7. The van der Waals surface area contributed by atoms with E-state index >= 15 is 0 Å². The molecule has 2 heterocycles. The topological polar surface area (TPSA) is 23.6 Å². The minimum atomic E-state index is 0.273. The van der Waals surface area contributed by atoms with Crippen LogP contribution < -0.4 is 0 Å². The van der Waals surface area contributed by atoms with E-state index in [-0.39, 0.29) is 5.91 Å². The van der Waals surface area contributed by atoms with Crippen LogP contribution in [0.2, 0.25) is 0 Å². The highest BCUT2D eigenvalue weighted by molar-refractivity contribution is 7.07. The van der Waals surface area contributed by atoms with E-state index in [1.807, 2.05) is 4.90 Å². The highest BCUT2D eigenvalue weighted by atomic mass is 32.1. The van der Waals surface area contributed by atoms with Gasteiger partial charge in [0.15, 0.2) is 0 Å². The Balaban J connectivity index is 1.61. The number of carbonyl (C=O) groups is 1. The number of hydrogen-bond donors (Lipinski definition) is 0. The first kappa shape index (κ1) is 15.3. The Labute approximate surface area is 136 Å². The third kappa shape index (κ3) is 3.96. The molecule has 1 aliphatic heterocycles. The molecule has 0 aliphatic carbocycles. The van der Waals surface area contributed by atoms with Crippen LogP contribution in [0.4, 0.5) is 0 Å². The Morgan fingerprint density at radius 2 is 2.00 bits per heavy atom. The molecule has 0 saturated carbocycles. The second-order valence-electron chi connectivity index (χ2n) is 5.96. The van der Waals surface area contributed by atoms with Crippen LogP contribution in [-0.4, -0.2) is 35.3 Å². The van der Waals surface area contributed by atoms with Crippen molar-refractivity contribution in [3.63, 3.8) is 0 Å². The van der Waals surface area contributed by atoms with Gasteiger partial charge in [-0.2, -0.15) is 11.3 Å². The van der Waals surface area contributed by atoms with Crippen molar-refractivity contribution in [2.75, 3.05) is 19.6 Å². The molecule has 0 N–H and O–H groups in total. The molecule has 116 valence electrons. The molecule has 1 saturated heterocycles. The third-order valence-corrected chi connectivity index (χ3v) is 4.85. The molecule has 1 amide bonds. The second kappa shape index (κ2) is 7.07. The van der Waals surface area contributed by atoms with Gasteiger partial charge < -0.3 is 4.90 Å². The van der Waals surface area contributed by atoms with Crippen molar-refractivity contribution in [1.29, 1.82) is 0 Å². The minimum Gasteiger partial charge on any atom is -0.337 e. The lowest BCUT2D eigenvalue weighted by atomic mass is 10.1. The van der Waals surface area contributed by atoms with Crippen molar-refractivity contribution in [3.8, 4) is 0 Å². The van der Waals surface area contributed by atoms with Gasteiger partial charge in [-0.3, -0.25) is 9.69 Å². The highest BCUT2D eigenvalue weighted by Gasteiger charge is 2.21. The van der Waals surface area contributed by atoms with Gasteiger partial charge in [0.25, 0.3) is 0 Å². The van der Waals surface area contributed by atoms with Crippen molar-refractivity contribution in [2.45, 2.75) is 26.4 Å². The molecule has 22 heavy (non-hydrogen) atoms. The van der Waals surface area contributed by atoms with Gasteiger partial charge >= 0.3 is 0 Å². The van der Waals surface area contributed by atoms with Crippen molar-refractivity contribution in [1.82, 2.24) is 9.80 Å². The Morgan fingerprint density at radius 3 is 2.77 bits per heavy atom. The number of benzene rings is 1. The molecule has 1 aliphatic rings. The maximum atomic E-state index is 12.4. The van der Waals surface area contributed by atoms with E-state index in [1.54, 1.807) is 11.3 Å². The fourth-order valence-corrected chi connectivity index (χ4v) is 3.57. The molecule has 3 nitrogen and oxygen atoms in total. The van der Waals surface area contributed by atoms with Crippen molar-refractivity contribution in [3.05, 3.63) is 57.8 Å². The summed E-state index contributed by atoms with van der Waals surface area (Å²) < 4.78 is 0. The number of rotatable bonds is 4. The lowest BCUT2D eigenvalue weighted by Crippen LogP contribution is -2.32. The molecular weight excluding hydrogens is 292 g/mol. The van der Waals surface area contributed by atoms with Gasteiger partial charge in [-0.15, -0.1) is 0 Å². The fourth-order valence-electron chi connectivity index (χ4n) is 2.91. The van der Waals surface area contributed by atoms with Gasteiger partial charge in [-0.25, -0.2) is 0 Å². The molecule has 2 aromatic rings. The van der Waals surface area contributed by atoms with Crippen LogP contribution in [0.25, 0.3) is 0 Å². The van der Waals surface area contributed by atoms with Crippen LogP contribution in [0, 0.1) is 6.92 Å². The summed E-state index contributed by atoms with van der Waals surface area (Å²) in [6, 6.07) is 10.6. The van der Waals surface area contributed by atoms with Gasteiger partial charge in [-0.05, 0) is 34.9 Å². The second-order valence-corrected chi connectivity index (χ2v) is 6.74. The quantitative estimate of drug-likeness (QED) is 0.864. The van der Waals surface area contributed by atoms with Gasteiger partial charge in [0.1, 0.15) is 0 Å². The van der Waals surface area contributed by atoms with Crippen LogP contribution in [-0.2, 0) is 17.9 Å². The molecule has 0 spiro atoms. The first-order chi connectivity index (χ1) is 10.7. The van der Waals surface area contributed by atoms with E-state index in [0.29, 0.717) is 6.42 Å². The summed E-state index contributed by atoms with van der Waals surface area (Å²) in [5, 5.41) is 4.31. The highest BCUT2D eigenvalue weighted by Crippen LogP contribution is 2.14. The van der Waals surface area contributed by atoms with E-state index in [9.17, 15) is 4.79 Å². The number of carbonyl (C=O) groups excluding carboxylic acids is 1. The first-order valence-electron chi connectivity index (χ1n) is 7.77. The normalized spacial score (nSPS) is 16.8. The standard InChI is InChI=1S/C18H22N2OS/c1-15-3-2-4-16(11-15)13-20-9-8-19(7-5-18(20)21)12-17-6-10-22-14-17/h2-4,6,10-11,14H,5,7-9,12-13H2,1H3. The molecule has 1 aromatic carbocycles. The van der Waals surface area contributed by atoms with Crippen molar-refractivity contribution in [2.24, 2.45) is 0 Å². The third-order valence-electron chi connectivity index (χ3n) is 4.12. The minimum absolute atomic E-state index is 0.273. The van der Waals surface area contributed by atoms with Crippen molar-refractivity contribution >= 4 is 17.2 Å². The van der Waals surface area contributed by atoms with Gasteiger partial charge in [-0.1, -0.05) is 29.8 Å². The number of thiophene rings is 1. The molecule has 0 bridgehead atoms. The van der Waals surface area contributed by atoms with E-state index in [0.717, 1.165) is 32.7 Å². The average molecular weight is 314 g/mol. The van der Waals surface area contributed by atoms with E-state index in [1.165, 1.54) is 16.7 Å². The van der Waals surface area contributed by atoms with E-state index in [4.69, 9.17) is 0 Å². The van der Waals surface area contributed by atoms with Crippen LogP contribution in [0.3, 0.4) is 0 Å². The van der Waals surface area contributed by atoms with Crippen LogP contribution in [0.15, 0.2) is 41.1 Å². The zero-order valence-corrected chi connectivity index (χ0v) is 13.8. The molecule has 4 heteroatoms. The maximum Gasteiger partial charge on any atom is 0.224 e. The SMILES string of the molecule is Cc1cccc(CN2CCN(Cc3ccsc3)CCC2=O)c1. The number of nitrogens with zero attached hydrogens (tertiary/aromatic N) is 2. The van der Waals surface area contributed by atoms with E-state index < -0.39 is 0 Å². The predicted molar refractivity (Wildman–Crippen MR) is 90.8 cm³/mol. The summed E-state index contributed by atoms with van der Waals surface area (Å²) in [6.07, 6.45) is 0.621. The largest absolute Gasteiger partial charge is 0.337 e. The van der Waals surface area contributed by atoms with Gasteiger partial charge in [0.05, 0.1) is 0 Å². The zero-order valence-electron chi connectivity index (χ0n) is 13.0.